The van der Waals surface area contributed by atoms with Crippen LogP contribution in [0.2, 0.25) is 0 Å². The first kappa shape index (κ1) is 23.3. The lowest BCUT2D eigenvalue weighted by atomic mass is 9.95. The summed E-state index contributed by atoms with van der Waals surface area (Å²) in [7, 11) is 3.82. The Balaban J connectivity index is 1.72. The van der Waals surface area contributed by atoms with Crippen LogP contribution in [0.5, 0.6) is 5.75 Å². The summed E-state index contributed by atoms with van der Waals surface area (Å²) in [4.78, 5) is 29.6. The number of amides is 1. The van der Waals surface area contributed by atoms with Gasteiger partial charge in [0.05, 0.1) is 11.6 Å². The first-order chi connectivity index (χ1) is 16.5. The predicted octanol–water partition coefficient (Wildman–Crippen LogP) is 4.25. The van der Waals surface area contributed by atoms with Gasteiger partial charge in [-0.25, -0.2) is 0 Å². The molecule has 1 heterocycles. The third-order valence-electron chi connectivity index (χ3n) is 5.80. The summed E-state index contributed by atoms with van der Waals surface area (Å²) < 4.78 is 5.98. The van der Waals surface area contributed by atoms with Crippen molar-refractivity contribution >= 4 is 17.4 Å². The maximum absolute atomic E-state index is 13.1. The molecule has 1 fully saturated rings. The highest BCUT2D eigenvalue weighted by molar-refractivity contribution is 6.46. The van der Waals surface area contributed by atoms with Gasteiger partial charge in [-0.2, -0.15) is 0 Å². The van der Waals surface area contributed by atoms with Crippen LogP contribution in [0.3, 0.4) is 0 Å². The Kier molecular flexibility index (Phi) is 7.09. The van der Waals surface area contributed by atoms with Gasteiger partial charge in [0.2, 0.25) is 0 Å². The van der Waals surface area contributed by atoms with Gasteiger partial charge in [-0.1, -0.05) is 72.8 Å². The van der Waals surface area contributed by atoms with Crippen LogP contribution >= 0.6 is 0 Å². The Morgan fingerprint density at radius 2 is 1.62 bits per heavy atom. The summed E-state index contributed by atoms with van der Waals surface area (Å²) >= 11 is 0. The summed E-state index contributed by atoms with van der Waals surface area (Å²) in [6, 6.07) is 25.3. The molecule has 1 atom stereocenters. The van der Waals surface area contributed by atoms with Gasteiger partial charge in [0.15, 0.2) is 0 Å². The van der Waals surface area contributed by atoms with Crippen LogP contribution in [-0.4, -0.2) is 53.8 Å². The van der Waals surface area contributed by atoms with E-state index in [1.54, 1.807) is 24.3 Å². The highest BCUT2D eigenvalue weighted by Crippen LogP contribution is 2.40. The molecule has 34 heavy (non-hydrogen) atoms. The van der Waals surface area contributed by atoms with Crippen molar-refractivity contribution in [1.29, 1.82) is 0 Å². The van der Waals surface area contributed by atoms with Gasteiger partial charge in [0.1, 0.15) is 18.1 Å². The van der Waals surface area contributed by atoms with Gasteiger partial charge in [-0.15, -0.1) is 0 Å². The molecule has 0 saturated carbocycles. The Morgan fingerprint density at radius 1 is 0.941 bits per heavy atom. The Bertz CT molecular complexity index is 1190. The lowest BCUT2D eigenvalue weighted by Crippen LogP contribution is -2.35. The number of aliphatic hydroxyl groups excluding tert-OH is 1. The molecule has 1 N–H and O–H groups in total. The molecular formula is C28H28N2O4. The zero-order valence-electron chi connectivity index (χ0n) is 19.3. The molecule has 0 radical (unpaired) electrons. The van der Waals surface area contributed by atoms with Crippen molar-refractivity contribution in [2.45, 2.75) is 12.6 Å². The molecule has 174 valence electrons. The molecule has 0 bridgehead atoms. The Labute approximate surface area is 199 Å². The maximum Gasteiger partial charge on any atom is 0.295 e. The van der Waals surface area contributed by atoms with Crippen molar-refractivity contribution in [3.8, 4) is 5.75 Å². The van der Waals surface area contributed by atoms with Crippen LogP contribution in [0.25, 0.3) is 5.76 Å². The fraction of sp³-hybridized carbons (Fsp3) is 0.214. The van der Waals surface area contributed by atoms with Crippen molar-refractivity contribution in [2.75, 3.05) is 27.2 Å². The fourth-order valence-electron chi connectivity index (χ4n) is 4.03. The second kappa shape index (κ2) is 10.4. The minimum Gasteiger partial charge on any atom is -0.507 e. The third-order valence-corrected chi connectivity index (χ3v) is 5.80. The van der Waals surface area contributed by atoms with E-state index in [4.69, 9.17) is 4.74 Å². The number of ketones is 1. The van der Waals surface area contributed by atoms with E-state index in [-0.39, 0.29) is 11.3 Å². The molecule has 1 unspecified atom stereocenters. The molecule has 1 amide bonds. The second-order valence-electron chi connectivity index (χ2n) is 8.51. The number of carbonyl (C=O) groups is 2. The van der Waals surface area contributed by atoms with Crippen LogP contribution in [-0.2, 0) is 16.2 Å². The number of nitrogens with zero attached hydrogens (tertiary/aromatic N) is 2. The van der Waals surface area contributed by atoms with Gasteiger partial charge in [-0.05, 0) is 37.4 Å². The average molecular weight is 457 g/mol. The number of hydrogen-bond donors (Lipinski definition) is 1. The van der Waals surface area contributed by atoms with Gasteiger partial charge in [0.25, 0.3) is 11.7 Å². The van der Waals surface area contributed by atoms with Gasteiger partial charge >= 0.3 is 0 Å². The number of likely N-dealkylation sites (tertiary alicyclic amines) is 1. The van der Waals surface area contributed by atoms with Crippen LogP contribution in [0.1, 0.15) is 22.7 Å². The number of rotatable bonds is 8. The molecule has 1 aliphatic heterocycles. The molecule has 1 aliphatic rings. The topological polar surface area (TPSA) is 70.1 Å². The van der Waals surface area contributed by atoms with E-state index in [1.165, 1.54) is 4.90 Å². The molecule has 0 aromatic heterocycles. The minimum atomic E-state index is -0.708. The predicted molar refractivity (Wildman–Crippen MR) is 131 cm³/mol. The molecule has 6 heteroatoms. The highest BCUT2D eigenvalue weighted by atomic mass is 16.5. The van der Waals surface area contributed by atoms with E-state index >= 15 is 0 Å². The number of carbonyl (C=O) groups excluding carboxylic acids is 2. The van der Waals surface area contributed by atoms with E-state index < -0.39 is 17.7 Å². The fourth-order valence-corrected chi connectivity index (χ4v) is 4.03. The molecule has 0 aliphatic carbocycles. The van der Waals surface area contributed by atoms with Gasteiger partial charge < -0.3 is 19.6 Å². The van der Waals surface area contributed by atoms with Crippen molar-refractivity contribution in [2.24, 2.45) is 0 Å². The zero-order chi connectivity index (χ0) is 24.1. The summed E-state index contributed by atoms with van der Waals surface area (Å²) in [5, 5.41) is 11.1. The molecular weight excluding hydrogens is 428 g/mol. The molecule has 6 nitrogen and oxygen atoms in total. The SMILES string of the molecule is CN(C)CCN1C(=O)C(=O)/C(=C(\O)c2ccccc2)C1c1cccc(OCc2ccccc2)c1. The van der Waals surface area contributed by atoms with E-state index in [0.717, 1.165) is 5.56 Å². The van der Waals surface area contributed by atoms with Crippen molar-refractivity contribution in [3.63, 3.8) is 0 Å². The summed E-state index contributed by atoms with van der Waals surface area (Å²) in [5.41, 5.74) is 2.33. The first-order valence-corrected chi connectivity index (χ1v) is 11.2. The van der Waals surface area contributed by atoms with E-state index in [2.05, 4.69) is 0 Å². The number of hydrogen-bond acceptors (Lipinski definition) is 5. The summed E-state index contributed by atoms with van der Waals surface area (Å²) in [6.45, 7) is 1.33. The normalized spacial score (nSPS) is 17.4. The zero-order valence-corrected chi connectivity index (χ0v) is 19.3. The lowest BCUT2D eigenvalue weighted by molar-refractivity contribution is -0.140. The van der Waals surface area contributed by atoms with Crippen molar-refractivity contribution < 1.29 is 19.4 Å². The number of benzene rings is 3. The summed E-state index contributed by atoms with van der Waals surface area (Å²) in [6.07, 6.45) is 0. The van der Waals surface area contributed by atoms with E-state index in [0.29, 0.717) is 36.6 Å². The molecule has 3 aromatic carbocycles. The molecule has 4 rings (SSSR count). The van der Waals surface area contributed by atoms with E-state index in [9.17, 15) is 14.7 Å². The number of likely N-dealkylation sites (N-methyl/N-ethyl adjacent to an activating group) is 1. The Morgan fingerprint density at radius 3 is 2.29 bits per heavy atom. The summed E-state index contributed by atoms with van der Waals surface area (Å²) in [5.74, 6) is -0.841. The van der Waals surface area contributed by atoms with Crippen molar-refractivity contribution in [3.05, 3.63) is 107 Å². The number of ether oxygens (including phenoxy) is 1. The monoisotopic (exact) mass is 456 g/mol. The Hall–Kier alpha value is -3.90. The molecule has 1 saturated heterocycles. The van der Waals surface area contributed by atoms with Crippen molar-refractivity contribution in [1.82, 2.24) is 9.80 Å². The number of Topliss-reactive ketones (excluding diaryl/α,β-unsaturated/α-hetero) is 1. The molecule has 0 spiro atoms. The molecule has 3 aromatic rings. The third kappa shape index (κ3) is 5.02. The minimum absolute atomic E-state index is 0.0927. The quantitative estimate of drug-likeness (QED) is 0.312. The lowest BCUT2D eigenvalue weighted by Gasteiger charge is -2.27. The number of aliphatic hydroxyl groups is 1. The average Bonchev–Trinajstić information content (AvgIpc) is 3.12. The van der Waals surface area contributed by atoms with Crippen LogP contribution in [0.4, 0.5) is 0 Å². The largest absolute Gasteiger partial charge is 0.507 e. The van der Waals surface area contributed by atoms with Crippen LogP contribution in [0.15, 0.2) is 90.5 Å². The smallest absolute Gasteiger partial charge is 0.295 e. The van der Waals surface area contributed by atoms with Gasteiger partial charge in [0, 0.05) is 18.7 Å². The maximum atomic E-state index is 13.1. The second-order valence-corrected chi connectivity index (χ2v) is 8.51. The van der Waals surface area contributed by atoms with Crippen LogP contribution in [0, 0.1) is 0 Å². The first-order valence-electron chi connectivity index (χ1n) is 11.2. The van der Waals surface area contributed by atoms with Crippen LogP contribution < -0.4 is 4.74 Å². The van der Waals surface area contributed by atoms with Gasteiger partial charge in [-0.3, -0.25) is 9.59 Å². The standard InChI is InChI=1S/C28H28N2O4/c1-29(2)16-17-30-25(24(27(32)28(30)33)26(31)21-12-7-4-8-13-21)22-14-9-15-23(18-22)34-19-20-10-5-3-6-11-20/h3-15,18,25,31H,16-17,19H2,1-2H3/b26-24-. The van der Waals surface area contributed by atoms with E-state index in [1.807, 2.05) is 79.7 Å². The highest BCUT2D eigenvalue weighted by Gasteiger charge is 2.46.